The predicted octanol–water partition coefficient (Wildman–Crippen LogP) is 2.16. The molecule has 26 heavy (non-hydrogen) atoms. The number of piperidine rings is 1. The van der Waals surface area contributed by atoms with E-state index in [1.54, 1.807) is 6.92 Å². The van der Waals surface area contributed by atoms with Crippen LogP contribution in [0.4, 0.5) is 0 Å². The number of amides is 1. The van der Waals surface area contributed by atoms with Gasteiger partial charge < -0.3 is 20.6 Å². The SMILES string of the molecule is CCNC(=NCC(C)(O)c1cccs1)NCCC(=O)N1CCCC(C)C1. The summed E-state index contributed by atoms with van der Waals surface area (Å²) in [5.74, 6) is 1.42. The number of rotatable bonds is 7. The molecule has 1 aliphatic rings. The van der Waals surface area contributed by atoms with Gasteiger partial charge in [-0.15, -0.1) is 11.3 Å². The highest BCUT2D eigenvalue weighted by Gasteiger charge is 2.24. The Balaban J connectivity index is 1.82. The third-order valence-electron chi connectivity index (χ3n) is 4.58. The Morgan fingerprint density at radius 3 is 2.96 bits per heavy atom. The second kappa shape index (κ2) is 9.92. The minimum Gasteiger partial charge on any atom is -0.383 e. The van der Waals surface area contributed by atoms with E-state index in [1.807, 2.05) is 29.3 Å². The zero-order valence-electron chi connectivity index (χ0n) is 16.1. The fraction of sp³-hybridized carbons (Fsp3) is 0.684. The molecule has 0 spiro atoms. The average Bonchev–Trinajstić information content (AvgIpc) is 3.15. The highest BCUT2D eigenvalue weighted by molar-refractivity contribution is 7.10. The van der Waals surface area contributed by atoms with E-state index >= 15 is 0 Å². The Morgan fingerprint density at radius 2 is 2.31 bits per heavy atom. The van der Waals surface area contributed by atoms with Crippen LogP contribution in [0.3, 0.4) is 0 Å². The maximum absolute atomic E-state index is 12.3. The first-order valence-corrected chi connectivity index (χ1v) is 10.4. The van der Waals surface area contributed by atoms with Crippen LogP contribution in [-0.2, 0) is 10.4 Å². The lowest BCUT2D eigenvalue weighted by molar-refractivity contribution is -0.132. The fourth-order valence-corrected chi connectivity index (χ4v) is 3.88. The number of likely N-dealkylation sites (tertiary alicyclic amines) is 1. The Bertz CT molecular complexity index is 586. The number of carbonyl (C=O) groups excluding carboxylic acids is 1. The second-order valence-electron chi connectivity index (χ2n) is 7.21. The summed E-state index contributed by atoms with van der Waals surface area (Å²) in [6, 6.07) is 3.84. The van der Waals surface area contributed by atoms with E-state index in [-0.39, 0.29) is 12.5 Å². The van der Waals surface area contributed by atoms with Crippen LogP contribution in [0.1, 0.15) is 44.9 Å². The van der Waals surface area contributed by atoms with Crippen LogP contribution in [-0.4, -0.2) is 54.6 Å². The number of hydrogen-bond acceptors (Lipinski definition) is 4. The van der Waals surface area contributed by atoms with Gasteiger partial charge in [0.25, 0.3) is 0 Å². The highest BCUT2D eigenvalue weighted by atomic mass is 32.1. The summed E-state index contributed by atoms with van der Waals surface area (Å²) < 4.78 is 0. The molecule has 3 N–H and O–H groups in total. The van der Waals surface area contributed by atoms with Crippen molar-refractivity contribution in [1.82, 2.24) is 15.5 Å². The van der Waals surface area contributed by atoms with Crippen LogP contribution >= 0.6 is 11.3 Å². The normalized spacial score (nSPS) is 20.5. The van der Waals surface area contributed by atoms with E-state index in [0.29, 0.717) is 24.8 Å². The molecule has 1 amide bonds. The lowest BCUT2D eigenvalue weighted by Gasteiger charge is -2.31. The van der Waals surface area contributed by atoms with E-state index in [2.05, 4.69) is 22.5 Å². The molecular formula is C19H32N4O2S. The summed E-state index contributed by atoms with van der Waals surface area (Å²) in [5, 5.41) is 18.9. The molecule has 0 saturated carbocycles. The number of nitrogens with one attached hydrogen (secondary N) is 2. The number of nitrogens with zero attached hydrogens (tertiary/aromatic N) is 2. The third kappa shape index (κ3) is 6.29. The lowest BCUT2D eigenvalue weighted by Crippen LogP contribution is -2.43. The number of hydrogen-bond donors (Lipinski definition) is 3. The van der Waals surface area contributed by atoms with Crippen LogP contribution in [0, 0.1) is 5.92 Å². The second-order valence-corrected chi connectivity index (χ2v) is 8.16. The summed E-state index contributed by atoms with van der Waals surface area (Å²) in [6.07, 6.45) is 2.77. The predicted molar refractivity (Wildman–Crippen MR) is 107 cm³/mol. The number of aliphatic imine (C=N–C) groups is 1. The molecule has 1 aromatic rings. The quantitative estimate of drug-likeness (QED) is 0.500. The Labute approximate surface area is 160 Å². The molecule has 2 rings (SSSR count). The van der Waals surface area contributed by atoms with Crippen molar-refractivity contribution < 1.29 is 9.90 Å². The van der Waals surface area contributed by atoms with E-state index < -0.39 is 5.60 Å². The summed E-state index contributed by atoms with van der Waals surface area (Å²) in [7, 11) is 0. The van der Waals surface area contributed by atoms with Crippen molar-refractivity contribution in [1.29, 1.82) is 0 Å². The largest absolute Gasteiger partial charge is 0.383 e. The molecule has 0 aliphatic carbocycles. The molecule has 0 bridgehead atoms. The van der Waals surface area contributed by atoms with Gasteiger partial charge in [-0.2, -0.15) is 0 Å². The van der Waals surface area contributed by atoms with Gasteiger partial charge >= 0.3 is 0 Å². The molecule has 7 heteroatoms. The van der Waals surface area contributed by atoms with Gasteiger partial charge in [-0.05, 0) is 44.1 Å². The van der Waals surface area contributed by atoms with Crippen molar-refractivity contribution in [3.63, 3.8) is 0 Å². The van der Waals surface area contributed by atoms with E-state index in [0.717, 1.165) is 30.9 Å². The van der Waals surface area contributed by atoms with Crippen LogP contribution in [0.15, 0.2) is 22.5 Å². The van der Waals surface area contributed by atoms with Crippen LogP contribution < -0.4 is 10.6 Å². The van der Waals surface area contributed by atoms with Crippen LogP contribution in [0.2, 0.25) is 0 Å². The summed E-state index contributed by atoms with van der Waals surface area (Å²) >= 11 is 1.52. The summed E-state index contributed by atoms with van der Waals surface area (Å²) in [4.78, 5) is 19.7. The topological polar surface area (TPSA) is 77.0 Å². The van der Waals surface area contributed by atoms with Gasteiger partial charge in [-0.3, -0.25) is 4.79 Å². The van der Waals surface area contributed by atoms with E-state index in [1.165, 1.54) is 17.8 Å². The zero-order valence-corrected chi connectivity index (χ0v) is 16.9. The van der Waals surface area contributed by atoms with Gasteiger partial charge in [-0.25, -0.2) is 4.99 Å². The van der Waals surface area contributed by atoms with Crippen molar-refractivity contribution in [2.45, 2.75) is 45.6 Å². The third-order valence-corrected chi connectivity index (χ3v) is 5.71. The maximum Gasteiger partial charge on any atom is 0.224 e. The highest BCUT2D eigenvalue weighted by Crippen LogP contribution is 2.25. The summed E-state index contributed by atoms with van der Waals surface area (Å²) in [6.45, 7) is 9.24. The monoisotopic (exact) mass is 380 g/mol. The first-order valence-electron chi connectivity index (χ1n) is 9.48. The number of thiophene rings is 1. The van der Waals surface area contributed by atoms with Gasteiger partial charge in [0.05, 0.1) is 6.54 Å². The van der Waals surface area contributed by atoms with Crippen molar-refractivity contribution in [3.8, 4) is 0 Å². The Kier molecular flexibility index (Phi) is 7.90. The van der Waals surface area contributed by atoms with Gasteiger partial charge in [0.1, 0.15) is 5.60 Å². The van der Waals surface area contributed by atoms with Crippen LogP contribution in [0.5, 0.6) is 0 Å². The van der Waals surface area contributed by atoms with Crippen molar-refractivity contribution in [2.24, 2.45) is 10.9 Å². The molecule has 1 fully saturated rings. The molecule has 1 saturated heterocycles. The van der Waals surface area contributed by atoms with E-state index in [4.69, 9.17) is 0 Å². The van der Waals surface area contributed by atoms with Gasteiger partial charge in [0.2, 0.25) is 5.91 Å². The maximum atomic E-state index is 12.3. The first kappa shape index (κ1) is 20.7. The molecule has 0 radical (unpaired) electrons. The molecular weight excluding hydrogens is 348 g/mol. The molecule has 1 aliphatic heterocycles. The molecule has 2 heterocycles. The fourth-order valence-electron chi connectivity index (χ4n) is 3.10. The Morgan fingerprint density at radius 1 is 1.50 bits per heavy atom. The summed E-state index contributed by atoms with van der Waals surface area (Å²) in [5.41, 5.74) is -0.990. The average molecular weight is 381 g/mol. The molecule has 0 aromatic carbocycles. The van der Waals surface area contributed by atoms with Crippen molar-refractivity contribution in [2.75, 3.05) is 32.7 Å². The van der Waals surface area contributed by atoms with Gasteiger partial charge in [-0.1, -0.05) is 13.0 Å². The standard InChI is InChI=1S/C19H32N4O2S/c1-4-20-18(22-14-19(3,25)16-8-6-12-26-16)21-10-9-17(24)23-11-5-7-15(2)13-23/h6,8,12,15,25H,4-5,7,9-11,13-14H2,1-3H3,(H2,20,21,22). The first-order chi connectivity index (χ1) is 12.4. The molecule has 2 atom stereocenters. The van der Waals surface area contributed by atoms with Crippen LogP contribution in [0.25, 0.3) is 0 Å². The zero-order chi connectivity index (χ0) is 19.0. The minimum atomic E-state index is -0.990. The van der Waals surface area contributed by atoms with E-state index in [9.17, 15) is 9.90 Å². The number of aliphatic hydroxyl groups is 1. The number of carbonyl (C=O) groups is 1. The smallest absolute Gasteiger partial charge is 0.224 e. The molecule has 146 valence electrons. The molecule has 2 unspecified atom stereocenters. The Hall–Kier alpha value is -1.60. The number of guanidine groups is 1. The van der Waals surface area contributed by atoms with Crippen molar-refractivity contribution in [3.05, 3.63) is 22.4 Å². The minimum absolute atomic E-state index is 0.200. The van der Waals surface area contributed by atoms with Gasteiger partial charge in [0.15, 0.2) is 5.96 Å². The lowest BCUT2D eigenvalue weighted by atomic mass is 10.00. The van der Waals surface area contributed by atoms with Gasteiger partial charge in [0, 0.05) is 37.5 Å². The molecule has 1 aromatic heterocycles. The molecule has 6 nitrogen and oxygen atoms in total. The van der Waals surface area contributed by atoms with Crippen molar-refractivity contribution >= 4 is 23.2 Å².